The SMILES string of the molecule is COc1ccccc1C1CN2C(=O)CN(CCc3ccccc3F)C(=O)C2(C)c2[nH]c3ccccc3c21. The summed E-state index contributed by atoms with van der Waals surface area (Å²) in [5, 5.41) is 1.03. The molecule has 1 aromatic heterocycles. The first-order valence-electron chi connectivity index (χ1n) is 12.5. The van der Waals surface area contributed by atoms with Gasteiger partial charge in [-0.05, 0) is 42.7 Å². The van der Waals surface area contributed by atoms with E-state index >= 15 is 0 Å². The second-order valence-corrected chi connectivity index (χ2v) is 9.90. The number of halogens is 1. The van der Waals surface area contributed by atoms with E-state index in [1.54, 1.807) is 35.1 Å². The van der Waals surface area contributed by atoms with Gasteiger partial charge in [0.2, 0.25) is 5.91 Å². The quantitative estimate of drug-likeness (QED) is 0.439. The molecule has 1 fully saturated rings. The van der Waals surface area contributed by atoms with E-state index < -0.39 is 5.54 Å². The van der Waals surface area contributed by atoms with Crippen molar-refractivity contribution in [2.45, 2.75) is 24.8 Å². The van der Waals surface area contributed by atoms with Crippen molar-refractivity contribution >= 4 is 22.7 Å². The van der Waals surface area contributed by atoms with Crippen LogP contribution in [0, 0.1) is 5.82 Å². The van der Waals surface area contributed by atoms with Crippen LogP contribution in [0.1, 0.15) is 35.2 Å². The molecule has 0 radical (unpaired) electrons. The van der Waals surface area contributed by atoms with Crippen molar-refractivity contribution in [3.05, 3.63) is 101 Å². The largest absolute Gasteiger partial charge is 0.496 e. The summed E-state index contributed by atoms with van der Waals surface area (Å²) in [5.74, 6) is -0.0115. The number of H-pyrrole nitrogens is 1. The number of fused-ring (bicyclic) bond motifs is 5. The molecule has 4 aromatic rings. The molecule has 2 aliphatic rings. The standard InChI is InChI=1S/C30H28FN3O3/c1-30-28-27(21-11-4-7-13-24(21)32-28)22(20-10-5-8-14-25(20)37-2)17-34(30)26(35)18-33(29(30)36)16-15-19-9-3-6-12-23(19)31/h3-14,22,32H,15-18H2,1-2H3. The molecule has 37 heavy (non-hydrogen) atoms. The van der Waals surface area contributed by atoms with Crippen molar-refractivity contribution in [1.82, 2.24) is 14.8 Å². The van der Waals surface area contributed by atoms with E-state index in [0.29, 0.717) is 18.5 Å². The normalized spacial score (nSPS) is 21.2. The van der Waals surface area contributed by atoms with E-state index in [1.165, 1.54) is 6.07 Å². The summed E-state index contributed by atoms with van der Waals surface area (Å²) in [6.45, 7) is 2.42. The van der Waals surface area contributed by atoms with Gasteiger partial charge in [0, 0.05) is 35.5 Å². The van der Waals surface area contributed by atoms with Crippen molar-refractivity contribution in [2.75, 3.05) is 26.7 Å². The van der Waals surface area contributed by atoms with E-state index in [2.05, 4.69) is 11.1 Å². The van der Waals surface area contributed by atoms with Gasteiger partial charge >= 0.3 is 0 Å². The van der Waals surface area contributed by atoms with Crippen molar-refractivity contribution in [1.29, 1.82) is 0 Å². The third-order valence-electron chi connectivity index (χ3n) is 7.94. The molecule has 188 valence electrons. The molecule has 2 unspecified atom stereocenters. The Hall–Kier alpha value is -4.13. The van der Waals surface area contributed by atoms with Crippen LogP contribution >= 0.6 is 0 Å². The van der Waals surface area contributed by atoms with Crippen LogP contribution in [-0.4, -0.2) is 53.3 Å². The molecule has 3 heterocycles. The molecular formula is C30H28FN3O3. The number of hydrogen-bond acceptors (Lipinski definition) is 3. The summed E-state index contributed by atoms with van der Waals surface area (Å²) in [5.41, 5.74) is 2.96. The lowest BCUT2D eigenvalue weighted by atomic mass is 9.76. The minimum Gasteiger partial charge on any atom is -0.496 e. The summed E-state index contributed by atoms with van der Waals surface area (Å²) in [6, 6.07) is 22.4. The zero-order valence-electron chi connectivity index (χ0n) is 20.8. The lowest BCUT2D eigenvalue weighted by Crippen LogP contribution is -2.67. The molecule has 2 amide bonds. The zero-order valence-corrected chi connectivity index (χ0v) is 20.8. The van der Waals surface area contributed by atoms with Gasteiger partial charge in [-0.25, -0.2) is 4.39 Å². The number of piperazine rings is 1. The third-order valence-corrected chi connectivity index (χ3v) is 7.94. The maximum atomic E-state index is 14.2. The monoisotopic (exact) mass is 497 g/mol. The number of nitrogens with one attached hydrogen (secondary N) is 1. The molecule has 7 heteroatoms. The zero-order chi connectivity index (χ0) is 25.7. The van der Waals surface area contributed by atoms with Gasteiger partial charge in [0.25, 0.3) is 5.91 Å². The highest BCUT2D eigenvalue weighted by Crippen LogP contribution is 2.49. The number of para-hydroxylation sites is 2. The number of aromatic nitrogens is 1. The first-order valence-corrected chi connectivity index (χ1v) is 12.5. The van der Waals surface area contributed by atoms with Gasteiger partial charge in [-0.2, -0.15) is 0 Å². The average molecular weight is 498 g/mol. The third kappa shape index (κ3) is 3.52. The summed E-state index contributed by atoms with van der Waals surface area (Å²) < 4.78 is 19.9. The lowest BCUT2D eigenvalue weighted by molar-refractivity contribution is -0.166. The Kier molecular flexibility index (Phi) is 5.51. The van der Waals surface area contributed by atoms with E-state index in [4.69, 9.17) is 4.74 Å². The van der Waals surface area contributed by atoms with Gasteiger partial charge in [-0.3, -0.25) is 9.59 Å². The Morgan fingerprint density at radius 2 is 1.76 bits per heavy atom. The van der Waals surface area contributed by atoms with Gasteiger partial charge in [0.1, 0.15) is 11.6 Å². The molecule has 6 rings (SSSR count). The number of methoxy groups -OCH3 is 1. The fourth-order valence-corrected chi connectivity index (χ4v) is 6.05. The Morgan fingerprint density at radius 1 is 1.03 bits per heavy atom. The number of nitrogens with zero attached hydrogens (tertiary/aromatic N) is 2. The Balaban J connectivity index is 1.46. The Labute approximate surface area is 214 Å². The number of carbonyl (C=O) groups is 2. The van der Waals surface area contributed by atoms with Crippen LogP contribution in [0.5, 0.6) is 5.75 Å². The maximum Gasteiger partial charge on any atom is 0.254 e. The maximum absolute atomic E-state index is 14.2. The molecule has 1 saturated heterocycles. The smallest absolute Gasteiger partial charge is 0.254 e. The van der Waals surface area contributed by atoms with Crippen molar-refractivity contribution in [3.63, 3.8) is 0 Å². The first kappa shape index (κ1) is 23.3. The predicted molar refractivity (Wildman–Crippen MR) is 139 cm³/mol. The second kappa shape index (κ2) is 8.76. The highest BCUT2D eigenvalue weighted by Gasteiger charge is 2.56. The van der Waals surface area contributed by atoms with Gasteiger partial charge < -0.3 is 19.5 Å². The molecule has 0 saturated carbocycles. The van der Waals surface area contributed by atoms with E-state index in [1.807, 2.05) is 49.4 Å². The average Bonchev–Trinajstić information content (AvgIpc) is 3.32. The van der Waals surface area contributed by atoms with Crippen LogP contribution in [0.3, 0.4) is 0 Å². The van der Waals surface area contributed by atoms with Crippen LogP contribution < -0.4 is 4.74 Å². The highest BCUT2D eigenvalue weighted by atomic mass is 19.1. The fourth-order valence-electron chi connectivity index (χ4n) is 6.05. The minimum atomic E-state index is -1.20. The van der Waals surface area contributed by atoms with Gasteiger partial charge in [0.15, 0.2) is 5.54 Å². The second-order valence-electron chi connectivity index (χ2n) is 9.90. The number of aromatic amines is 1. The van der Waals surface area contributed by atoms with Crippen molar-refractivity contribution in [2.24, 2.45) is 0 Å². The fraction of sp³-hybridized carbons (Fsp3) is 0.267. The minimum absolute atomic E-state index is 0.0307. The van der Waals surface area contributed by atoms with Crippen molar-refractivity contribution in [3.8, 4) is 5.75 Å². The van der Waals surface area contributed by atoms with E-state index in [-0.39, 0.29) is 36.6 Å². The molecule has 0 aliphatic carbocycles. The van der Waals surface area contributed by atoms with Crippen LogP contribution in [0.2, 0.25) is 0 Å². The van der Waals surface area contributed by atoms with Crippen LogP contribution in [0.4, 0.5) is 4.39 Å². The number of carbonyl (C=O) groups excluding carboxylic acids is 2. The summed E-state index contributed by atoms with van der Waals surface area (Å²) in [7, 11) is 1.64. The predicted octanol–water partition coefficient (Wildman–Crippen LogP) is 4.59. The molecular weight excluding hydrogens is 469 g/mol. The lowest BCUT2D eigenvalue weighted by Gasteiger charge is -2.51. The summed E-state index contributed by atoms with van der Waals surface area (Å²) in [4.78, 5) is 34.6. The summed E-state index contributed by atoms with van der Waals surface area (Å²) in [6.07, 6.45) is 0.338. The molecule has 3 aromatic carbocycles. The number of ether oxygens (including phenoxy) is 1. The van der Waals surface area contributed by atoms with Crippen LogP contribution in [0.15, 0.2) is 72.8 Å². The number of benzene rings is 3. The summed E-state index contributed by atoms with van der Waals surface area (Å²) >= 11 is 0. The van der Waals surface area contributed by atoms with Crippen molar-refractivity contribution < 1.29 is 18.7 Å². The molecule has 6 nitrogen and oxygen atoms in total. The molecule has 0 bridgehead atoms. The molecule has 2 aliphatic heterocycles. The van der Waals surface area contributed by atoms with E-state index in [0.717, 1.165) is 33.5 Å². The van der Waals surface area contributed by atoms with Gasteiger partial charge in [-0.15, -0.1) is 0 Å². The van der Waals surface area contributed by atoms with Crippen LogP contribution in [0.25, 0.3) is 10.9 Å². The number of rotatable bonds is 5. The first-order chi connectivity index (χ1) is 17.9. The highest BCUT2D eigenvalue weighted by molar-refractivity contribution is 6.01. The molecule has 1 N–H and O–H groups in total. The van der Waals surface area contributed by atoms with Gasteiger partial charge in [0.05, 0.1) is 19.3 Å². The van der Waals surface area contributed by atoms with Gasteiger partial charge in [-0.1, -0.05) is 54.6 Å². The molecule has 0 spiro atoms. The van der Waals surface area contributed by atoms with E-state index in [9.17, 15) is 14.0 Å². The van der Waals surface area contributed by atoms with Crippen LogP contribution in [-0.2, 0) is 21.5 Å². The Bertz CT molecular complexity index is 1530. The number of amides is 2. The number of hydrogen-bond donors (Lipinski definition) is 1. The molecule has 2 atom stereocenters. The topological polar surface area (TPSA) is 65.6 Å². The Morgan fingerprint density at radius 3 is 2.57 bits per heavy atom.